The third-order valence-corrected chi connectivity index (χ3v) is 5.03. The van der Waals surface area contributed by atoms with Gasteiger partial charge in [-0.15, -0.1) is 0 Å². The highest BCUT2D eigenvalue weighted by Gasteiger charge is 2.20. The molecule has 1 fully saturated rings. The van der Waals surface area contributed by atoms with Gasteiger partial charge in [0.1, 0.15) is 11.6 Å². The van der Waals surface area contributed by atoms with Crippen molar-refractivity contribution in [3.05, 3.63) is 53.8 Å². The zero-order chi connectivity index (χ0) is 24.4. The normalized spacial score (nSPS) is 13.5. The van der Waals surface area contributed by atoms with Gasteiger partial charge in [-0.05, 0) is 36.8 Å². The second kappa shape index (κ2) is 12.4. The monoisotopic (exact) mass is 461 g/mol. The van der Waals surface area contributed by atoms with Crippen molar-refractivity contribution < 1.29 is 33.7 Å². The van der Waals surface area contributed by atoms with Crippen molar-refractivity contribution in [1.29, 1.82) is 0 Å². The molecule has 0 saturated carbocycles. The van der Waals surface area contributed by atoms with E-state index < -0.39 is 11.9 Å². The van der Waals surface area contributed by atoms with Crippen molar-refractivity contribution in [1.82, 2.24) is 4.90 Å². The van der Waals surface area contributed by atoms with Gasteiger partial charge in [0.25, 0.3) is 0 Å². The second-order valence-corrected chi connectivity index (χ2v) is 7.39. The Labute approximate surface area is 191 Å². The Bertz CT molecular complexity index is 964. The van der Waals surface area contributed by atoms with Crippen LogP contribution in [0.1, 0.15) is 12.0 Å². The molecule has 3 rings (SSSR count). The molecule has 0 atom stereocenters. The van der Waals surface area contributed by atoms with E-state index in [0.29, 0.717) is 30.1 Å². The number of rotatable bonds is 6. The fraction of sp³-hybridized carbons (Fsp3) is 0.348. The number of carbonyl (C=O) groups excluding carboxylic acids is 1. The molecule has 10 heteroatoms. The molecule has 1 saturated heterocycles. The zero-order valence-corrected chi connectivity index (χ0v) is 18.6. The van der Waals surface area contributed by atoms with Crippen LogP contribution in [0.15, 0.2) is 42.5 Å². The topological polar surface area (TPSA) is 119 Å². The number of para-hydroxylation sites is 1. The summed E-state index contributed by atoms with van der Waals surface area (Å²) in [5, 5.41) is 17.7. The van der Waals surface area contributed by atoms with Crippen LogP contribution in [0.2, 0.25) is 0 Å². The second-order valence-electron chi connectivity index (χ2n) is 7.39. The third-order valence-electron chi connectivity index (χ3n) is 5.03. The number of halogens is 1. The molecule has 0 aliphatic carbocycles. The first-order valence-corrected chi connectivity index (χ1v) is 10.3. The number of aryl methyl sites for hydroxylation is 1. The number of piperazine rings is 1. The maximum absolute atomic E-state index is 13.9. The first-order chi connectivity index (χ1) is 15.7. The SMILES string of the molecule is COc1ccc(C)cc1NC(=O)CCN1CCN(c2ccccc2F)CC1.O=C(O)C(=O)O. The van der Waals surface area contributed by atoms with E-state index in [1.165, 1.54) is 6.07 Å². The molecule has 1 heterocycles. The summed E-state index contributed by atoms with van der Waals surface area (Å²) in [5.41, 5.74) is 2.42. The summed E-state index contributed by atoms with van der Waals surface area (Å²) >= 11 is 0. The zero-order valence-electron chi connectivity index (χ0n) is 18.6. The fourth-order valence-corrected chi connectivity index (χ4v) is 3.31. The van der Waals surface area contributed by atoms with Gasteiger partial charge in [-0.2, -0.15) is 0 Å². The van der Waals surface area contributed by atoms with Crippen LogP contribution in [0.4, 0.5) is 15.8 Å². The predicted octanol–water partition coefficient (Wildman–Crippen LogP) is 2.45. The Morgan fingerprint density at radius 1 is 1.03 bits per heavy atom. The number of amides is 1. The van der Waals surface area contributed by atoms with Gasteiger partial charge in [0.15, 0.2) is 0 Å². The number of ether oxygens (including phenoxy) is 1. The van der Waals surface area contributed by atoms with Gasteiger partial charge in [0.05, 0.1) is 18.5 Å². The maximum Gasteiger partial charge on any atom is 0.414 e. The lowest BCUT2D eigenvalue weighted by atomic mass is 10.2. The fourth-order valence-electron chi connectivity index (χ4n) is 3.31. The van der Waals surface area contributed by atoms with Gasteiger partial charge in [-0.3, -0.25) is 9.69 Å². The van der Waals surface area contributed by atoms with Crippen molar-refractivity contribution >= 4 is 29.2 Å². The summed E-state index contributed by atoms with van der Waals surface area (Å²) < 4.78 is 19.2. The number of methoxy groups -OCH3 is 1. The van der Waals surface area contributed by atoms with Crippen molar-refractivity contribution in [2.75, 3.05) is 50.1 Å². The van der Waals surface area contributed by atoms with Crippen molar-refractivity contribution in [2.24, 2.45) is 0 Å². The van der Waals surface area contributed by atoms with Gasteiger partial charge in [-0.1, -0.05) is 18.2 Å². The van der Waals surface area contributed by atoms with Crippen LogP contribution in [0, 0.1) is 12.7 Å². The lowest BCUT2D eigenvalue weighted by Crippen LogP contribution is -2.47. The van der Waals surface area contributed by atoms with Crippen molar-refractivity contribution in [2.45, 2.75) is 13.3 Å². The molecular weight excluding hydrogens is 433 g/mol. The third kappa shape index (κ3) is 8.08. The van der Waals surface area contributed by atoms with Crippen LogP contribution in [0.3, 0.4) is 0 Å². The smallest absolute Gasteiger partial charge is 0.414 e. The predicted molar refractivity (Wildman–Crippen MR) is 121 cm³/mol. The molecule has 0 radical (unpaired) electrons. The van der Waals surface area contributed by atoms with Crippen LogP contribution >= 0.6 is 0 Å². The Morgan fingerprint density at radius 2 is 1.67 bits per heavy atom. The maximum atomic E-state index is 13.9. The minimum Gasteiger partial charge on any atom is -0.495 e. The molecule has 0 spiro atoms. The lowest BCUT2D eigenvalue weighted by molar-refractivity contribution is -0.159. The summed E-state index contributed by atoms with van der Waals surface area (Å²) in [6.07, 6.45) is 0.413. The van der Waals surface area contributed by atoms with Gasteiger partial charge >= 0.3 is 11.9 Å². The molecule has 0 aromatic heterocycles. The highest BCUT2D eigenvalue weighted by Crippen LogP contribution is 2.25. The molecule has 0 bridgehead atoms. The van der Waals surface area contributed by atoms with Crippen LogP contribution < -0.4 is 15.0 Å². The summed E-state index contributed by atoms with van der Waals surface area (Å²) in [5.74, 6) is -3.20. The molecule has 3 N–H and O–H groups in total. The average molecular weight is 461 g/mol. The molecule has 9 nitrogen and oxygen atoms in total. The van der Waals surface area contributed by atoms with E-state index in [-0.39, 0.29) is 11.7 Å². The average Bonchev–Trinajstić information content (AvgIpc) is 2.79. The van der Waals surface area contributed by atoms with Crippen LogP contribution in [0.5, 0.6) is 5.75 Å². The lowest BCUT2D eigenvalue weighted by Gasteiger charge is -2.36. The van der Waals surface area contributed by atoms with Gasteiger partial charge in [0, 0.05) is 39.1 Å². The largest absolute Gasteiger partial charge is 0.495 e. The van der Waals surface area contributed by atoms with E-state index in [4.69, 9.17) is 24.5 Å². The Kier molecular flexibility index (Phi) is 9.62. The van der Waals surface area contributed by atoms with Crippen molar-refractivity contribution in [3.8, 4) is 5.75 Å². The van der Waals surface area contributed by atoms with Crippen LogP contribution in [-0.2, 0) is 14.4 Å². The molecule has 178 valence electrons. The Balaban J connectivity index is 0.000000569. The molecule has 1 amide bonds. The Morgan fingerprint density at radius 3 is 2.24 bits per heavy atom. The summed E-state index contributed by atoms with van der Waals surface area (Å²) in [4.78, 5) is 34.8. The van der Waals surface area contributed by atoms with Crippen molar-refractivity contribution in [3.63, 3.8) is 0 Å². The van der Waals surface area contributed by atoms with E-state index in [2.05, 4.69) is 15.1 Å². The number of anilines is 2. The number of hydrogen-bond donors (Lipinski definition) is 3. The van der Waals surface area contributed by atoms with Gasteiger partial charge in [0.2, 0.25) is 5.91 Å². The molecule has 2 aromatic carbocycles. The molecule has 33 heavy (non-hydrogen) atoms. The first-order valence-electron chi connectivity index (χ1n) is 10.3. The summed E-state index contributed by atoms with van der Waals surface area (Å²) in [6, 6.07) is 12.6. The van der Waals surface area contributed by atoms with E-state index >= 15 is 0 Å². The summed E-state index contributed by atoms with van der Waals surface area (Å²) in [7, 11) is 1.59. The minimum atomic E-state index is -1.82. The number of carboxylic acid groups (broad SMARTS) is 2. The number of carbonyl (C=O) groups is 3. The number of carboxylic acids is 2. The number of nitrogens with one attached hydrogen (secondary N) is 1. The first kappa shape index (κ1) is 25.6. The molecular formula is C23H28FN3O6. The molecule has 2 aromatic rings. The Hall–Kier alpha value is -3.66. The molecule has 1 aliphatic rings. The van der Waals surface area contributed by atoms with E-state index in [1.807, 2.05) is 37.3 Å². The summed E-state index contributed by atoms with van der Waals surface area (Å²) in [6.45, 7) is 5.81. The standard InChI is InChI=1S/C21H26FN3O2.C2H2O4/c1-16-7-8-20(27-2)18(15-16)23-21(26)9-10-24-11-13-25(14-12-24)19-6-4-3-5-17(19)22;3-1(4)2(5)6/h3-8,15H,9-14H2,1-2H3,(H,23,26);(H,3,4)(H,5,6). The highest BCUT2D eigenvalue weighted by atomic mass is 19.1. The van der Waals surface area contributed by atoms with E-state index in [1.54, 1.807) is 13.2 Å². The minimum absolute atomic E-state index is 0.0320. The van der Waals surface area contributed by atoms with Crippen LogP contribution in [0.25, 0.3) is 0 Å². The van der Waals surface area contributed by atoms with E-state index in [9.17, 15) is 9.18 Å². The number of nitrogens with zero attached hydrogens (tertiary/aromatic N) is 2. The van der Waals surface area contributed by atoms with Gasteiger partial charge in [-0.25, -0.2) is 14.0 Å². The van der Waals surface area contributed by atoms with Crippen LogP contribution in [-0.4, -0.2) is 72.8 Å². The highest BCUT2D eigenvalue weighted by molar-refractivity contribution is 6.27. The number of hydrogen-bond acceptors (Lipinski definition) is 6. The number of benzene rings is 2. The van der Waals surface area contributed by atoms with Gasteiger partial charge < -0.3 is 25.2 Å². The number of aliphatic carboxylic acids is 2. The molecule has 1 aliphatic heterocycles. The molecule has 0 unspecified atom stereocenters. The quantitative estimate of drug-likeness (QED) is 0.562. The van der Waals surface area contributed by atoms with E-state index in [0.717, 1.165) is 31.7 Å².